The number of amides is 1. The smallest absolute Gasteiger partial charge is 0.225 e. The number of para-hydroxylation sites is 1. The minimum Gasteiger partial charge on any atom is -0.384 e. The van der Waals surface area contributed by atoms with E-state index in [1.807, 2.05) is 19.1 Å². The van der Waals surface area contributed by atoms with E-state index in [9.17, 15) is 4.79 Å². The quantitative estimate of drug-likeness (QED) is 0.847. The van der Waals surface area contributed by atoms with Crippen LogP contribution < -0.4 is 10.6 Å². The Kier molecular flexibility index (Phi) is 4.20. The summed E-state index contributed by atoms with van der Waals surface area (Å²) in [6.45, 7) is 3.20. The number of carbonyl (C=O) groups excluding carboxylic acids is 1. The van der Waals surface area contributed by atoms with Crippen LogP contribution in [0.5, 0.6) is 0 Å². The van der Waals surface area contributed by atoms with Crippen molar-refractivity contribution in [2.45, 2.75) is 19.4 Å². The highest BCUT2D eigenvalue weighted by Gasteiger charge is 2.24. The summed E-state index contributed by atoms with van der Waals surface area (Å²) in [4.78, 5) is 12.0. The molecule has 1 aliphatic rings. The van der Waals surface area contributed by atoms with E-state index in [4.69, 9.17) is 4.74 Å². The fraction of sp³-hybridized carbons (Fsp3) is 0.500. The zero-order valence-corrected chi connectivity index (χ0v) is 10.9. The molecule has 98 valence electrons. The summed E-state index contributed by atoms with van der Waals surface area (Å²) in [7, 11) is 1.65. The van der Waals surface area contributed by atoms with Gasteiger partial charge in [0.2, 0.25) is 5.91 Å². The number of carbonyl (C=O) groups is 1. The van der Waals surface area contributed by atoms with Crippen molar-refractivity contribution in [2.24, 2.45) is 5.92 Å². The molecular weight excluding hydrogens is 228 g/mol. The van der Waals surface area contributed by atoms with Crippen molar-refractivity contribution < 1.29 is 9.53 Å². The molecule has 4 nitrogen and oxygen atoms in total. The summed E-state index contributed by atoms with van der Waals surface area (Å²) >= 11 is 0. The van der Waals surface area contributed by atoms with Crippen LogP contribution in [0, 0.1) is 5.92 Å². The van der Waals surface area contributed by atoms with Gasteiger partial charge < -0.3 is 15.4 Å². The van der Waals surface area contributed by atoms with E-state index in [2.05, 4.69) is 22.8 Å². The highest BCUT2D eigenvalue weighted by Crippen LogP contribution is 2.24. The van der Waals surface area contributed by atoms with Crippen LogP contribution in [0.3, 0.4) is 0 Å². The summed E-state index contributed by atoms with van der Waals surface area (Å²) in [6.07, 6.45) is 0.855. The highest BCUT2D eigenvalue weighted by atomic mass is 16.5. The summed E-state index contributed by atoms with van der Waals surface area (Å²) < 4.78 is 5.11. The molecule has 0 aliphatic carbocycles. The van der Waals surface area contributed by atoms with Crippen molar-refractivity contribution in [2.75, 3.05) is 25.5 Å². The molecule has 0 bridgehead atoms. The van der Waals surface area contributed by atoms with Crippen LogP contribution in [0.4, 0.5) is 5.69 Å². The fourth-order valence-corrected chi connectivity index (χ4v) is 2.10. The van der Waals surface area contributed by atoms with Gasteiger partial charge in [-0.2, -0.15) is 0 Å². The second-order valence-electron chi connectivity index (χ2n) is 4.73. The maximum absolute atomic E-state index is 12.0. The van der Waals surface area contributed by atoms with E-state index in [0.717, 1.165) is 12.1 Å². The molecule has 1 aliphatic heterocycles. The van der Waals surface area contributed by atoms with E-state index in [1.165, 1.54) is 5.56 Å². The van der Waals surface area contributed by atoms with E-state index in [-0.39, 0.29) is 17.9 Å². The first-order chi connectivity index (χ1) is 8.70. The maximum Gasteiger partial charge on any atom is 0.225 e. The molecule has 0 saturated heterocycles. The number of hydrogen-bond donors (Lipinski definition) is 2. The van der Waals surface area contributed by atoms with Gasteiger partial charge in [0, 0.05) is 25.9 Å². The SMILES string of the molecule is COC(C)CNC(=O)C1CNc2ccccc2C1. The minimum absolute atomic E-state index is 0.00366. The number of anilines is 1. The maximum atomic E-state index is 12.0. The van der Waals surface area contributed by atoms with Crippen LogP contribution in [-0.2, 0) is 16.0 Å². The molecule has 0 spiro atoms. The third-order valence-corrected chi connectivity index (χ3v) is 3.36. The first kappa shape index (κ1) is 12.9. The average Bonchev–Trinajstić information content (AvgIpc) is 2.43. The highest BCUT2D eigenvalue weighted by molar-refractivity contribution is 5.80. The van der Waals surface area contributed by atoms with Crippen molar-refractivity contribution in [3.8, 4) is 0 Å². The van der Waals surface area contributed by atoms with E-state index < -0.39 is 0 Å². The van der Waals surface area contributed by atoms with Crippen LogP contribution >= 0.6 is 0 Å². The van der Waals surface area contributed by atoms with Crippen molar-refractivity contribution in [1.82, 2.24) is 5.32 Å². The number of hydrogen-bond acceptors (Lipinski definition) is 3. The minimum atomic E-state index is 0.00366. The van der Waals surface area contributed by atoms with Gasteiger partial charge in [0.05, 0.1) is 12.0 Å². The Morgan fingerprint density at radius 1 is 1.56 bits per heavy atom. The third-order valence-electron chi connectivity index (χ3n) is 3.36. The van der Waals surface area contributed by atoms with E-state index in [1.54, 1.807) is 7.11 Å². The Morgan fingerprint density at radius 2 is 2.33 bits per heavy atom. The monoisotopic (exact) mass is 248 g/mol. The molecule has 1 aromatic rings. The largest absolute Gasteiger partial charge is 0.384 e. The molecule has 2 rings (SSSR count). The molecule has 0 fully saturated rings. The van der Waals surface area contributed by atoms with Crippen LogP contribution in [0.2, 0.25) is 0 Å². The van der Waals surface area contributed by atoms with Gasteiger partial charge in [-0.3, -0.25) is 4.79 Å². The van der Waals surface area contributed by atoms with Gasteiger partial charge in [-0.25, -0.2) is 0 Å². The summed E-state index contributed by atoms with van der Waals surface area (Å²) in [6, 6.07) is 8.14. The average molecular weight is 248 g/mol. The van der Waals surface area contributed by atoms with Gasteiger partial charge >= 0.3 is 0 Å². The molecule has 2 N–H and O–H groups in total. The Balaban J connectivity index is 1.90. The van der Waals surface area contributed by atoms with Crippen LogP contribution in [0.25, 0.3) is 0 Å². The molecule has 0 saturated carbocycles. The molecule has 2 atom stereocenters. The Bertz CT molecular complexity index is 420. The lowest BCUT2D eigenvalue weighted by Gasteiger charge is -2.25. The lowest BCUT2D eigenvalue weighted by molar-refractivity contribution is -0.125. The molecule has 4 heteroatoms. The van der Waals surface area contributed by atoms with Crippen molar-refractivity contribution in [3.05, 3.63) is 29.8 Å². The first-order valence-electron chi connectivity index (χ1n) is 6.33. The lowest BCUT2D eigenvalue weighted by atomic mass is 9.93. The van der Waals surface area contributed by atoms with Gasteiger partial charge in [0.15, 0.2) is 0 Å². The van der Waals surface area contributed by atoms with Crippen LogP contribution in [-0.4, -0.2) is 32.2 Å². The number of methoxy groups -OCH3 is 1. The second kappa shape index (κ2) is 5.87. The fourth-order valence-electron chi connectivity index (χ4n) is 2.10. The molecule has 0 aromatic heterocycles. The normalized spacial score (nSPS) is 19.6. The molecule has 1 aromatic carbocycles. The van der Waals surface area contributed by atoms with Gasteiger partial charge in [0.1, 0.15) is 0 Å². The molecule has 18 heavy (non-hydrogen) atoms. The number of nitrogens with one attached hydrogen (secondary N) is 2. The zero-order valence-electron chi connectivity index (χ0n) is 10.9. The zero-order chi connectivity index (χ0) is 13.0. The predicted octanol–water partition coefficient (Wildman–Crippen LogP) is 1.42. The molecular formula is C14H20N2O2. The Hall–Kier alpha value is -1.55. The van der Waals surface area contributed by atoms with Crippen LogP contribution in [0.15, 0.2) is 24.3 Å². The summed E-state index contributed by atoms with van der Waals surface area (Å²) in [5, 5.41) is 6.23. The summed E-state index contributed by atoms with van der Waals surface area (Å²) in [5.41, 5.74) is 2.36. The van der Waals surface area contributed by atoms with Gasteiger partial charge in [-0.05, 0) is 25.0 Å². The summed E-state index contributed by atoms with van der Waals surface area (Å²) in [5.74, 6) is 0.102. The number of rotatable bonds is 4. The van der Waals surface area contributed by atoms with Gasteiger partial charge in [-0.15, -0.1) is 0 Å². The molecule has 1 amide bonds. The first-order valence-corrected chi connectivity index (χ1v) is 6.33. The molecule has 0 radical (unpaired) electrons. The van der Waals surface area contributed by atoms with E-state index in [0.29, 0.717) is 13.1 Å². The van der Waals surface area contributed by atoms with Gasteiger partial charge in [0.25, 0.3) is 0 Å². The van der Waals surface area contributed by atoms with Crippen molar-refractivity contribution in [1.29, 1.82) is 0 Å². The topological polar surface area (TPSA) is 50.4 Å². The number of fused-ring (bicyclic) bond motifs is 1. The van der Waals surface area contributed by atoms with Gasteiger partial charge in [-0.1, -0.05) is 18.2 Å². The van der Waals surface area contributed by atoms with E-state index >= 15 is 0 Å². The standard InChI is InChI=1S/C14H20N2O2/c1-10(18-2)8-16-14(17)12-7-11-5-3-4-6-13(11)15-9-12/h3-6,10,12,15H,7-9H2,1-2H3,(H,16,17). The third kappa shape index (κ3) is 3.01. The number of benzene rings is 1. The number of ether oxygens (including phenoxy) is 1. The Morgan fingerprint density at radius 3 is 3.11 bits per heavy atom. The molecule has 1 heterocycles. The molecule has 2 unspecified atom stereocenters. The Labute approximate surface area is 108 Å². The second-order valence-corrected chi connectivity index (χ2v) is 4.73. The predicted molar refractivity (Wildman–Crippen MR) is 71.6 cm³/mol. The van der Waals surface area contributed by atoms with Crippen molar-refractivity contribution in [3.63, 3.8) is 0 Å². The van der Waals surface area contributed by atoms with Crippen molar-refractivity contribution >= 4 is 11.6 Å². The lowest BCUT2D eigenvalue weighted by Crippen LogP contribution is -2.41. The van der Waals surface area contributed by atoms with Crippen LogP contribution in [0.1, 0.15) is 12.5 Å².